The van der Waals surface area contributed by atoms with Crippen LogP contribution in [0.4, 0.5) is 5.69 Å². The second-order valence-corrected chi connectivity index (χ2v) is 2.14. The highest BCUT2D eigenvalue weighted by Gasteiger charge is 2.03. The van der Waals surface area contributed by atoms with Crippen molar-refractivity contribution in [3.8, 4) is 0 Å². The number of hydrogen-bond donors (Lipinski definition) is 0. The molecule has 0 saturated heterocycles. The van der Waals surface area contributed by atoms with E-state index < -0.39 is 0 Å². The molecule has 0 unspecified atom stereocenters. The fourth-order valence-corrected chi connectivity index (χ4v) is 1.05. The maximum absolute atomic E-state index is 4.17. The molecule has 1 aromatic rings. The van der Waals surface area contributed by atoms with Gasteiger partial charge in [-0.15, -0.1) is 0 Å². The molecule has 1 aliphatic heterocycles. The van der Waals surface area contributed by atoms with Crippen molar-refractivity contribution in [2.45, 2.75) is 0 Å². The van der Waals surface area contributed by atoms with Crippen LogP contribution in [-0.4, -0.2) is 13.4 Å². The Bertz CT molecular complexity index is 255. The van der Waals surface area contributed by atoms with E-state index in [2.05, 4.69) is 11.1 Å². The Morgan fingerprint density at radius 2 is 2.11 bits per heavy atom. The predicted molar refractivity (Wildman–Crippen MR) is 41.4 cm³/mol. The third kappa shape index (κ3) is 0.671. The first-order valence-electron chi connectivity index (χ1n) is 3.07. The molecule has 1 aromatic carbocycles. The molecule has 42 valence electrons. The Balaban J connectivity index is 2.63. The van der Waals surface area contributed by atoms with Gasteiger partial charge in [-0.2, -0.15) is 0 Å². The number of rotatable bonds is 0. The number of fused-ring (bicyclic) bond motifs is 1. The smallest absolute Gasteiger partial charge is 0.209 e. The maximum atomic E-state index is 4.17. The number of para-hydroxylation sites is 1. The Morgan fingerprint density at radius 3 is 3.00 bits per heavy atom. The first-order valence-corrected chi connectivity index (χ1v) is 3.07. The van der Waals surface area contributed by atoms with Crippen LogP contribution in [0.5, 0.6) is 0 Å². The number of benzene rings is 1. The van der Waals surface area contributed by atoms with Crippen molar-refractivity contribution >= 4 is 24.5 Å². The molecule has 0 saturated carbocycles. The number of nitrogens with zero attached hydrogens (tertiary/aromatic N) is 1. The molecule has 0 bridgehead atoms. The summed E-state index contributed by atoms with van der Waals surface area (Å²) < 4.78 is 0. The quantitative estimate of drug-likeness (QED) is 0.434. The van der Waals surface area contributed by atoms with Crippen LogP contribution in [0.25, 0.3) is 0 Å². The zero-order chi connectivity index (χ0) is 6.10. The lowest BCUT2D eigenvalue weighted by atomic mass is 9.74. The largest absolute Gasteiger partial charge is 0.271 e. The van der Waals surface area contributed by atoms with Gasteiger partial charge >= 0.3 is 0 Å². The highest BCUT2D eigenvalue weighted by atomic mass is 14.7. The topological polar surface area (TPSA) is 12.4 Å². The lowest BCUT2D eigenvalue weighted by Gasteiger charge is -1.91. The molecule has 2 heteroatoms. The molecule has 0 aromatic heterocycles. The standard InChI is InChI=1S/C7H6BN/c1-2-4-7-6(3-1)8-5-9-7/h1-5,8H. The van der Waals surface area contributed by atoms with E-state index in [1.54, 1.807) is 0 Å². The summed E-state index contributed by atoms with van der Waals surface area (Å²) in [6.45, 7) is 0. The first-order chi connectivity index (χ1) is 4.47. The zero-order valence-corrected chi connectivity index (χ0v) is 5.04. The van der Waals surface area contributed by atoms with Crippen molar-refractivity contribution in [1.82, 2.24) is 0 Å². The SMILES string of the molecule is B1C=Nc2ccccc21. The second-order valence-electron chi connectivity index (χ2n) is 2.14. The van der Waals surface area contributed by atoms with Crippen LogP contribution in [0.2, 0.25) is 0 Å². The van der Waals surface area contributed by atoms with E-state index in [0.29, 0.717) is 0 Å². The minimum atomic E-state index is 1.01. The Labute approximate surface area is 54.7 Å². The van der Waals surface area contributed by atoms with E-state index in [1.165, 1.54) is 5.46 Å². The summed E-state index contributed by atoms with van der Waals surface area (Å²) >= 11 is 0. The minimum Gasteiger partial charge on any atom is -0.271 e. The van der Waals surface area contributed by atoms with E-state index >= 15 is 0 Å². The number of hydrogen-bond acceptors (Lipinski definition) is 1. The van der Waals surface area contributed by atoms with Gasteiger partial charge < -0.3 is 0 Å². The van der Waals surface area contributed by atoms with Crippen LogP contribution in [0.3, 0.4) is 0 Å². The highest BCUT2D eigenvalue weighted by molar-refractivity contribution is 6.82. The fraction of sp³-hybridized carbons (Fsp3) is 0. The molecule has 0 atom stereocenters. The summed E-state index contributed by atoms with van der Waals surface area (Å²) in [5.41, 5.74) is 2.48. The lowest BCUT2D eigenvalue weighted by molar-refractivity contribution is 1.60. The van der Waals surface area contributed by atoms with Crippen molar-refractivity contribution < 1.29 is 0 Å². The molecule has 9 heavy (non-hydrogen) atoms. The predicted octanol–water partition coefficient (Wildman–Crippen LogP) is 0.422. The van der Waals surface area contributed by atoms with E-state index in [-0.39, 0.29) is 0 Å². The van der Waals surface area contributed by atoms with Crippen LogP contribution in [0.15, 0.2) is 29.3 Å². The minimum absolute atomic E-state index is 1.01. The van der Waals surface area contributed by atoms with Crippen molar-refractivity contribution in [1.29, 1.82) is 0 Å². The van der Waals surface area contributed by atoms with Crippen molar-refractivity contribution in [3.63, 3.8) is 0 Å². The molecular weight excluding hydrogens is 109 g/mol. The van der Waals surface area contributed by atoms with Gasteiger partial charge in [0.15, 0.2) is 0 Å². The van der Waals surface area contributed by atoms with Gasteiger partial charge in [0.1, 0.15) is 0 Å². The van der Waals surface area contributed by atoms with Crippen LogP contribution in [0.1, 0.15) is 0 Å². The monoisotopic (exact) mass is 115 g/mol. The molecule has 0 amide bonds. The average molecular weight is 115 g/mol. The third-order valence-corrected chi connectivity index (χ3v) is 1.53. The highest BCUT2D eigenvalue weighted by Crippen LogP contribution is 2.08. The molecule has 0 N–H and O–H groups in total. The van der Waals surface area contributed by atoms with Gasteiger partial charge in [0.2, 0.25) is 7.28 Å². The molecule has 1 nitrogen and oxygen atoms in total. The fourth-order valence-electron chi connectivity index (χ4n) is 1.05. The van der Waals surface area contributed by atoms with Gasteiger partial charge in [-0.25, -0.2) is 0 Å². The molecule has 1 heterocycles. The Hall–Kier alpha value is -1.05. The van der Waals surface area contributed by atoms with Crippen LogP contribution < -0.4 is 5.46 Å². The van der Waals surface area contributed by atoms with Gasteiger partial charge in [-0.05, 0) is 12.2 Å². The first kappa shape index (κ1) is 4.80. The van der Waals surface area contributed by atoms with E-state index in [9.17, 15) is 0 Å². The molecule has 2 rings (SSSR count). The molecule has 0 radical (unpaired) electrons. The van der Waals surface area contributed by atoms with E-state index in [0.717, 1.165) is 13.0 Å². The number of aliphatic imine (C=N–C) groups is 1. The third-order valence-electron chi connectivity index (χ3n) is 1.53. The summed E-state index contributed by atoms with van der Waals surface area (Å²) in [5.74, 6) is 0. The molecule has 0 aliphatic carbocycles. The van der Waals surface area contributed by atoms with Gasteiger partial charge in [-0.1, -0.05) is 23.7 Å². The maximum Gasteiger partial charge on any atom is 0.209 e. The van der Waals surface area contributed by atoms with Crippen LogP contribution >= 0.6 is 0 Å². The molecular formula is C7H6BN. The van der Waals surface area contributed by atoms with Gasteiger partial charge in [-0.3, -0.25) is 4.99 Å². The Morgan fingerprint density at radius 1 is 1.22 bits per heavy atom. The van der Waals surface area contributed by atoms with Gasteiger partial charge in [0.25, 0.3) is 0 Å². The summed E-state index contributed by atoms with van der Waals surface area (Å²) in [7, 11) is 1.01. The molecule has 1 aliphatic rings. The summed E-state index contributed by atoms with van der Waals surface area (Å²) in [6.07, 6.45) is 1.95. The van der Waals surface area contributed by atoms with Crippen molar-refractivity contribution in [3.05, 3.63) is 24.3 Å². The van der Waals surface area contributed by atoms with Crippen molar-refractivity contribution in [2.24, 2.45) is 4.99 Å². The summed E-state index contributed by atoms with van der Waals surface area (Å²) in [5, 5.41) is 0. The lowest BCUT2D eigenvalue weighted by Crippen LogP contribution is -2.09. The second kappa shape index (κ2) is 1.73. The van der Waals surface area contributed by atoms with E-state index in [4.69, 9.17) is 0 Å². The van der Waals surface area contributed by atoms with Crippen LogP contribution in [-0.2, 0) is 0 Å². The summed E-state index contributed by atoms with van der Waals surface area (Å²) in [6, 6.07) is 8.22. The van der Waals surface area contributed by atoms with E-state index in [1.807, 2.05) is 24.3 Å². The Kier molecular flexibility index (Phi) is 0.920. The summed E-state index contributed by atoms with van der Waals surface area (Å²) in [4.78, 5) is 4.17. The zero-order valence-electron chi connectivity index (χ0n) is 5.04. The normalized spacial score (nSPS) is 12.9. The van der Waals surface area contributed by atoms with Crippen molar-refractivity contribution in [2.75, 3.05) is 0 Å². The van der Waals surface area contributed by atoms with Gasteiger partial charge in [0.05, 0.1) is 5.69 Å². The van der Waals surface area contributed by atoms with Crippen LogP contribution in [0, 0.1) is 0 Å². The molecule has 0 spiro atoms. The average Bonchev–Trinajstić information content (AvgIpc) is 2.33. The van der Waals surface area contributed by atoms with Gasteiger partial charge in [0, 0.05) is 0 Å². The molecule has 0 fully saturated rings.